The minimum absolute atomic E-state index is 0.00196. The summed E-state index contributed by atoms with van der Waals surface area (Å²) in [7, 11) is 1.67. The Kier molecular flexibility index (Phi) is 8.16. The third kappa shape index (κ3) is 6.92. The van der Waals surface area contributed by atoms with E-state index in [9.17, 15) is 4.79 Å². The molecule has 0 bridgehead atoms. The smallest absolute Gasteiger partial charge is 0.258 e. The first kappa shape index (κ1) is 17.2. The fraction of sp³-hybridized carbons (Fsp3) is 0.438. The van der Waals surface area contributed by atoms with Crippen molar-refractivity contribution in [3.8, 4) is 5.75 Å². The topological polar surface area (TPSA) is 59.6 Å². The summed E-state index contributed by atoms with van der Waals surface area (Å²) in [6.45, 7) is 8.13. The van der Waals surface area contributed by atoms with E-state index in [-0.39, 0.29) is 12.5 Å². The van der Waals surface area contributed by atoms with Crippen molar-refractivity contribution in [3.63, 3.8) is 0 Å². The van der Waals surface area contributed by atoms with Gasteiger partial charge in [0.1, 0.15) is 5.75 Å². The highest BCUT2D eigenvalue weighted by Gasteiger charge is 2.07. The highest BCUT2D eigenvalue weighted by atomic mass is 16.5. The van der Waals surface area contributed by atoms with Crippen molar-refractivity contribution in [2.75, 3.05) is 33.4 Å². The van der Waals surface area contributed by atoms with Crippen LogP contribution in [-0.4, -0.2) is 39.3 Å². The second kappa shape index (κ2) is 9.96. The zero-order chi connectivity index (χ0) is 15.5. The quantitative estimate of drug-likeness (QED) is 0.506. The molecule has 0 aliphatic carbocycles. The van der Waals surface area contributed by atoms with E-state index in [2.05, 4.69) is 23.3 Å². The van der Waals surface area contributed by atoms with Crippen molar-refractivity contribution in [1.82, 2.24) is 10.6 Å². The monoisotopic (exact) mass is 292 g/mol. The van der Waals surface area contributed by atoms with Gasteiger partial charge >= 0.3 is 0 Å². The van der Waals surface area contributed by atoms with Crippen LogP contribution in [0.15, 0.2) is 30.9 Å². The molecule has 0 saturated heterocycles. The van der Waals surface area contributed by atoms with E-state index in [1.165, 1.54) is 0 Å². The van der Waals surface area contributed by atoms with E-state index in [1.54, 1.807) is 13.2 Å². The Morgan fingerprint density at radius 3 is 2.95 bits per heavy atom. The first-order chi connectivity index (χ1) is 10.2. The lowest BCUT2D eigenvalue weighted by Gasteiger charge is -2.13. The van der Waals surface area contributed by atoms with Crippen LogP contribution in [0.5, 0.6) is 5.75 Å². The molecule has 1 amide bonds. The Balaban J connectivity index is 2.55. The molecule has 5 nitrogen and oxygen atoms in total. The third-order valence-corrected chi connectivity index (χ3v) is 2.82. The van der Waals surface area contributed by atoms with Gasteiger partial charge in [0.15, 0.2) is 6.61 Å². The van der Waals surface area contributed by atoms with Crippen molar-refractivity contribution >= 4 is 5.91 Å². The Hall–Kier alpha value is -1.85. The van der Waals surface area contributed by atoms with Gasteiger partial charge in [0.25, 0.3) is 5.91 Å². The van der Waals surface area contributed by atoms with Crippen molar-refractivity contribution in [3.05, 3.63) is 42.0 Å². The van der Waals surface area contributed by atoms with Gasteiger partial charge in [-0.3, -0.25) is 4.79 Å². The molecule has 2 N–H and O–H groups in total. The predicted octanol–water partition coefficient (Wildman–Crippen LogP) is 1.41. The lowest BCUT2D eigenvalue weighted by molar-refractivity contribution is -0.122. The number of methoxy groups -OCH3 is 1. The predicted molar refractivity (Wildman–Crippen MR) is 83.5 cm³/mol. The van der Waals surface area contributed by atoms with Crippen LogP contribution in [0.3, 0.4) is 0 Å². The normalized spacial score (nSPS) is 10.2. The van der Waals surface area contributed by atoms with Gasteiger partial charge in [-0.25, -0.2) is 0 Å². The Bertz CT molecular complexity index is 461. The summed E-state index contributed by atoms with van der Waals surface area (Å²) in [6, 6.07) is 5.91. The van der Waals surface area contributed by atoms with E-state index < -0.39 is 0 Å². The molecule has 1 aromatic rings. The molecular weight excluding hydrogens is 268 g/mol. The minimum Gasteiger partial charge on any atom is -0.483 e. The first-order valence-corrected chi connectivity index (χ1v) is 6.97. The second-order valence-electron chi connectivity index (χ2n) is 4.66. The van der Waals surface area contributed by atoms with E-state index in [0.717, 1.165) is 23.4 Å². The highest BCUT2D eigenvalue weighted by molar-refractivity contribution is 5.77. The molecule has 0 aliphatic heterocycles. The minimum atomic E-state index is -0.159. The maximum Gasteiger partial charge on any atom is 0.258 e. The molecule has 0 spiro atoms. The van der Waals surface area contributed by atoms with Crippen LogP contribution in [0.25, 0.3) is 0 Å². The molecule has 0 radical (unpaired) electrons. The molecule has 1 rings (SSSR count). The summed E-state index contributed by atoms with van der Waals surface area (Å²) < 4.78 is 10.6. The van der Waals surface area contributed by atoms with Crippen LogP contribution in [0, 0.1) is 6.92 Å². The van der Waals surface area contributed by atoms with Gasteiger partial charge in [-0.2, -0.15) is 0 Å². The molecule has 0 atom stereocenters. The average molecular weight is 292 g/mol. The number of rotatable bonds is 10. The average Bonchev–Trinajstić information content (AvgIpc) is 2.48. The lowest BCUT2D eigenvalue weighted by atomic mass is 10.1. The largest absolute Gasteiger partial charge is 0.483 e. The first-order valence-electron chi connectivity index (χ1n) is 6.97. The molecule has 116 valence electrons. The van der Waals surface area contributed by atoms with Crippen molar-refractivity contribution in [2.45, 2.75) is 13.5 Å². The van der Waals surface area contributed by atoms with Gasteiger partial charge < -0.3 is 20.1 Å². The molecule has 0 heterocycles. The summed E-state index contributed by atoms with van der Waals surface area (Å²) in [4.78, 5) is 11.5. The molecule has 0 unspecified atom stereocenters. The fourth-order valence-corrected chi connectivity index (χ4v) is 1.76. The summed E-state index contributed by atoms with van der Waals surface area (Å²) in [5.41, 5.74) is 2.18. The number of hydrogen-bond donors (Lipinski definition) is 2. The molecule has 0 aromatic heterocycles. The number of nitrogens with one attached hydrogen (secondary N) is 2. The van der Waals surface area contributed by atoms with Crippen LogP contribution >= 0.6 is 0 Å². The standard InChI is InChI=1S/C16H24N2O3/c1-4-7-18-16(19)12-21-15-6-5-13(2)10-14(15)11-17-8-9-20-3/h4-6,10,17H,1,7-9,11-12H2,2-3H3,(H,18,19). The SMILES string of the molecule is C=CCNC(=O)COc1ccc(C)cc1CNCCOC. The summed E-state index contributed by atoms with van der Waals surface area (Å²) in [5.74, 6) is 0.563. The van der Waals surface area contributed by atoms with E-state index in [0.29, 0.717) is 19.7 Å². The van der Waals surface area contributed by atoms with Crippen LogP contribution < -0.4 is 15.4 Å². The zero-order valence-electron chi connectivity index (χ0n) is 12.8. The number of amides is 1. The van der Waals surface area contributed by atoms with Gasteiger partial charge in [0.05, 0.1) is 6.61 Å². The van der Waals surface area contributed by atoms with E-state index >= 15 is 0 Å². The van der Waals surface area contributed by atoms with E-state index in [4.69, 9.17) is 9.47 Å². The van der Waals surface area contributed by atoms with Crippen molar-refractivity contribution < 1.29 is 14.3 Å². The van der Waals surface area contributed by atoms with Gasteiger partial charge in [-0.15, -0.1) is 6.58 Å². The van der Waals surface area contributed by atoms with Gasteiger partial charge in [-0.1, -0.05) is 23.8 Å². The maximum atomic E-state index is 11.5. The number of benzene rings is 1. The summed E-state index contributed by atoms with van der Waals surface area (Å²) >= 11 is 0. The fourth-order valence-electron chi connectivity index (χ4n) is 1.76. The number of ether oxygens (including phenoxy) is 2. The number of aryl methyl sites for hydroxylation is 1. The van der Waals surface area contributed by atoms with Crippen LogP contribution in [0.1, 0.15) is 11.1 Å². The second-order valence-corrected chi connectivity index (χ2v) is 4.66. The van der Waals surface area contributed by atoms with Crippen molar-refractivity contribution in [2.24, 2.45) is 0 Å². The third-order valence-electron chi connectivity index (χ3n) is 2.82. The lowest BCUT2D eigenvalue weighted by Crippen LogP contribution is -2.29. The number of carbonyl (C=O) groups excluding carboxylic acids is 1. The zero-order valence-corrected chi connectivity index (χ0v) is 12.8. The number of hydrogen-bond acceptors (Lipinski definition) is 4. The molecular formula is C16H24N2O3. The molecule has 0 aliphatic rings. The maximum absolute atomic E-state index is 11.5. The van der Waals surface area contributed by atoms with Crippen LogP contribution in [-0.2, 0) is 16.1 Å². The Morgan fingerprint density at radius 2 is 2.24 bits per heavy atom. The Morgan fingerprint density at radius 1 is 1.43 bits per heavy atom. The highest BCUT2D eigenvalue weighted by Crippen LogP contribution is 2.19. The van der Waals surface area contributed by atoms with Crippen molar-refractivity contribution in [1.29, 1.82) is 0 Å². The summed E-state index contributed by atoms with van der Waals surface area (Å²) in [6.07, 6.45) is 1.63. The molecule has 21 heavy (non-hydrogen) atoms. The Labute approximate surface area is 126 Å². The summed E-state index contributed by atoms with van der Waals surface area (Å²) in [5, 5.41) is 5.95. The molecule has 1 aromatic carbocycles. The molecule has 5 heteroatoms. The van der Waals surface area contributed by atoms with Gasteiger partial charge in [0.2, 0.25) is 0 Å². The molecule has 0 saturated carbocycles. The van der Waals surface area contributed by atoms with Crippen LogP contribution in [0.4, 0.5) is 0 Å². The van der Waals surface area contributed by atoms with E-state index in [1.807, 2.05) is 19.1 Å². The number of carbonyl (C=O) groups is 1. The van der Waals surface area contributed by atoms with Gasteiger partial charge in [-0.05, 0) is 13.0 Å². The van der Waals surface area contributed by atoms with Gasteiger partial charge in [0, 0.05) is 32.3 Å². The van der Waals surface area contributed by atoms with Crippen LogP contribution in [0.2, 0.25) is 0 Å². The molecule has 0 fully saturated rings.